The number of thiophene rings is 1. The first-order chi connectivity index (χ1) is 13.5. The van der Waals surface area contributed by atoms with Crippen LogP contribution in [0.3, 0.4) is 0 Å². The summed E-state index contributed by atoms with van der Waals surface area (Å²) >= 11 is 1.48. The van der Waals surface area contributed by atoms with E-state index in [4.69, 9.17) is 0 Å². The molecule has 3 N–H and O–H groups in total. The number of fused-ring (bicyclic) bond motifs is 1. The number of allylic oxidation sites excluding steroid dienone is 2. The van der Waals surface area contributed by atoms with Gasteiger partial charge in [0.15, 0.2) is 0 Å². The number of nitrogens with one attached hydrogen (secondary N) is 2. The highest BCUT2D eigenvalue weighted by Crippen LogP contribution is 2.40. The van der Waals surface area contributed by atoms with Crippen molar-refractivity contribution >= 4 is 34.1 Å². The number of carboxylic acids is 1. The SMILES string of the molecule is O=C(NC1CCCC1)c1c(NC(=O)[C@@H]2CC=CC[C@H]2C(=O)O)sc2c1CCC2. The molecule has 0 bridgehead atoms. The molecule has 3 aliphatic carbocycles. The second-order valence-electron chi connectivity index (χ2n) is 8.00. The van der Waals surface area contributed by atoms with Crippen molar-refractivity contribution < 1.29 is 19.5 Å². The van der Waals surface area contributed by atoms with Gasteiger partial charge in [0, 0.05) is 10.9 Å². The fraction of sp³-hybridized carbons (Fsp3) is 0.571. The molecule has 0 aliphatic heterocycles. The smallest absolute Gasteiger partial charge is 0.307 e. The lowest BCUT2D eigenvalue weighted by Crippen LogP contribution is -2.36. The van der Waals surface area contributed by atoms with E-state index in [1.54, 1.807) is 0 Å². The summed E-state index contributed by atoms with van der Waals surface area (Å²) in [6.45, 7) is 0. The standard InChI is InChI=1S/C21H26N2O4S/c24-18(13-8-3-4-9-14(13)21(26)27)23-20-17(15-10-5-11-16(15)28-20)19(25)22-12-6-1-2-7-12/h3-4,12-14H,1-2,5-11H2,(H,22,25)(H,23,24)(H,26,27)/t13-,14-/m1/s1. The average molecular weight is 403 g/mol. The lowest BCUT2D eigenvalue weighted by molar-refractivity contribution is -0.146. The van der Waals surface area contributed by atoms with Crippen molar-refractivity contribution in [2.24, 2.45) is 11.8 Å². The molecule has 1 aromatic rings. The number of amides is 2. The van der Waals surface area contributed by atoms with Crippen molar-refractivity contribution in [2.75, 3.05) is 5.32 Å². The van der Waals surface area contributed by atoms with Gasteiger partial charge in [-0.25, -0.2) is 0 Å². The number of rotatable bonds is 5. The van der Waals surface area contributed by atoms with Gasteiger partial charge in [0.05, 0.1) is 17.4 Å². The molecule has 4 rings (SSSR count). The predicted octanol–water partition coefficient (Wildman–Crippen LogP) is 3.51. The average Bonchev–Trinajstić information content (AvgIpc) is 3.39. The maximum Gasteiger partial charge on any atom is 0.307 e. The molecule has 0 saturated heterocycles. The van der Waals surface area contributed by atoms with Gasteiger partial charge < -0.3 is 15.7 Å². The number of carboxylic acid groups (broad SMARTS) is 1. The van der Waals surface area contributed by atoms with E-state index in [9.17, 15) is 19.5 Å². The van der Waals surface area contributed by atoms with Gasteiger partial charge >= 0.3 is 5.97 Å². The van der Waals surface area contributed by atoms with E-state index in [1.165, 1.54) is 16.2 Å². The van der Waals surface area contributed by atoms with E-state index in [-0.39, 0.29) is 17.9 Å². The van der Waals surface area contributed by atoms with Crippen LogP contribution in [0.15, 0.2) is 12.2 Å². The molecule has 1 heterocycles. The molecule has 0 aromatic carbocycles. The summed E-state index contributed by atoms with van der Waals surface area (Å²) in [6.07, 6.45) is 11.6. The quantitative estimate of drug-likeness (QED) is 0.657. The number of hydrogen-bond donors (Lipinski definition) is 3. The minimum absolute atomic E-state index is 0.0973. The lowest BCUT2D eigenvalue weighted by atomic mass is 9.82. The number of aryl methyl sites for hydroxylation is 1. The van der Waals surface area contributed by atoms with E-state index < -0.39 is 17.8 Å². The molecule has 150 valence electrons. The van der Waals surface area contributed by atoms with Crippen LogP contribution in [0.1, 0.15) is 65.7 Å². The highest BCUT2D eigenvalue weighted by Gasteiger charge is 2.36. The minimum atomic E-state index is -0.947. The number of aliphatic carboxylic acids is 1. The van der Waals surface area contributed by atoms with Crippen LogP contribution < -0.4 is 10.6 Å². The molecule has 6 nitrogen and oxygen atoms in total. The van der Waals surface area contributed by atoms with Gasteiger partial charge in [-0.1, -0.05) is 25.0 Å². The Morgan fingerprint density at radius 2 is 1.71 bits per heavy atom. The Morgan fingerprint density at radius 1 is 1.00 bits per heavy atom. The molecule has 0 spiro atoms. The Kier molecular flexibility index (Phi) is 5.53. The van der Waals surface area contributed by atoms with Gasteiger partial charge in [-0.3, -0.25) is 14.4 Å². The summed E-state index contributed by atoms with van der Waals surface area (Å²) in [5, 5.41) is 16.1. The molecule has 1 fully saturated rings. The van der Waals surface area contributed by atoms with Crippen LogP contribution in [0.2, 0.25) is 0 Å². The van der Waals surface area contributed by atoms with Gasteiger partial charge in [0.1, 0.15) is 5.00 Å². The maximum atomic E-state index is 13.0. The summed E-state index contributed by atoms with van der Waals surface area (Å²) < 4.78 is 0. The zero-order chi connectivity index (χ0) is 19.7. The summed E-state index contributed by atoms with van der Waals surface area (Å²) in [6, 6.07) is 0.216. The van der Waals surface area contributed by atoms with Gasteiger partial charge in [-0.2, -0.15) is 0 Å². The number of anilines is 1. The normalized spacial score (nSPS) is 24.1. The van der Waals surface area contributed by atoms with Gasteiger partial charge in [0.25, 0.3) is 5.91 Å². The molecule has 28 heavy (non-hydrogen) atoms. The molecule has 1 aromatic heterocycles. The third kappa shape index (κ3) is 3.72. The Labute approximate surface area is 168 Å². The molecule has 3 aliphatic rings. The second kappa shape index (κ2) is 8.07. The first kappa shape index (κ1) is 19.2. The molecule has 0 radical (unpaired) electrons. The van der Waals surface area contributed by atoms with Gasteiger partial charge in [-0.05, 0) is 50.5 Å². The monoisotopic (exact) mass is 402 g/mol. The van der Waals surface area contributed by atoms with Crippen molar-refractivity contribution in [3.63, 3.8) is 0 Å². The third-order valence-electron chi connectivity index (χ3n) is 6.16. The highest BCUT2D eigenvalue weighted by molar-refractivity contribution is 7.17. The van der Waals surface area contributed by atoms with E-state index in [0.717, 1.165) is 50.5 Å². The number of carbonyl (C=O) groups is 3. The second-order valence-corrected chi connectivity index (χ2v) is 9.10. The molecule has 1 saturated carbocycles. The van der Waals surface area contributed by atoms with Gasteiger partial charge in [0.2, 0.25) is 5.91 Å². The summed E-state index contributed by atoms with van der Waals surface area (Å²) in [7, 11) is 0. The third-order valence-corrected chi connectivity index (χ3v) is 7.37. The van der Waals surface area contributed by atoms with E-state index in [2.05, 4.69) is 10.6 Å². The first-order valence-electron chi connectivity index (χ1n) is 10.2. The molecule has 7 heteroatoms. The highest BCUT2D eigenvalue weighted by atomic mass is 32.1. The zero-order valence-corrected chi connectivity index (χ0v) is 16.6. The van der Waals surface area contributed by atoms with Crippen LogP contribution in [0.4, 0.5) is 5.00 Å². The van der Waals surface area contributed by atoms with Crippen molar-refractivity contribution in [3.8, 4) is 0 Å². The Balaban J connectivity index is 1.55. The molecule has 0 unspecified atom stereocenters. The zero-order valence-electron chi connectivity index (χ0n) is 15.8. The predicted molar refractivity (Wildman–Crippen MR) is 108 cm³/mol. The Hall–Kier alpha value is -2.15. The Bertz CT molecular complexity index is 823. The topological polar surface area (TPSA) is 95.5 Å². The fourth-order valence-corrected chi connectivity index (χ4v) is 5.93. The van der Waals surface area contributed by atoms with E-state index in [0.29, 0.717) is 23.4 Å². The van der Waals surface area contributed by atoms with Crippen LogP contribution in [0.5, 0.6) is 0 Å². The molecule has 2 atom stereocenters. The van der Waals surface area contributed by atoms with Gasteiger partial charge in [-0.15, -0.1) is 11.3 Å². The summed E-state index contributed by atoms with van der Waals surface area (Å²) in [4.78, 5) is 38.6. The van der Waals surface area contributed by atoms with Crippen LogP contribution in [-0.2, 0) is 22.4 Å². The molecular weight excluding hydrogens is 376 g/mol. The number of hydrogen-bond acceptors (Lipinski definition) is 4. The first-order valence-corrected chi connectivity index (χ1v) is 11.0. The Morgan fingerprint density at radius 3 is 2.43 bits per heavy atom. The number of carbonyl (C=O) groups excluding carboxylic acids is 2. The summed E-state index contributed by atoms with van der Waals surface area (Å²) in [5.41, 5.74) is 1.67. The van der Waals surface area contributed by atoms with E-state index in [1.807, 2.05) is 12.2 Å². The van der Waals surface area contributed by atoms with Crippen molar-refractivity contribution in [2.45, 2.75) is 63.8 Å². The van der Waals surface area contributed by atoms with Crippen LogP contribution >= 0.6 is 11.3 Å². The molecule has 2 amide bonds. The molecular formula is C21H26N2O4S. The summed E-state index contributed by atoms with van der Waals surface area (Å²) in [5.74, 6) is -2.67. The van der Waals surface area contributed by atoms with Crippen molar-refractivity contribution in [1.29, 1.82) is 0 Å². The largest absolute Gasteiger partial charge is 0.481 e. The van der Waals surface area contributed by atoms with Crippen molar-refractivity contribution in [3.05, 3.63) is 28.2 Å². The maximum absolute atomic E-state index is 13.0. The van der Waals surface area contributed by atoms with Crippen molar-refractivity contribution in [1.82, 2.24) is 5.32 Å². The van der Waals surface area contributed by atoms with Crippen LogP contribution in [-0.4, -0.2) is 28.9 Å². The lowest BCUT2D eigenvalue weighted by Gasteiger charge is -2.24. The van der Waals surface area contributed by atoms with Crippen LogP contribution in [0.25, 0.3) is 0 Å². The fourth-order valence-electron chi connectivity index (χ4n) is 4.64. The van der Waals surface area contributed by atoms with E-state index >= 15 is 0 Å². The van der Waals surface area contributed by atoms with Crippen LogP contribution in [0, 0.1) is 11.8 Å². The minimum Gasteiger partial charge on any atom is -0.481 e.